The standard InChI is InChI=1S/C43H68N10O21/c1-15(44)35(65)48-25(13-54)38(68)50-29(17(3)57)40(70)52-30(18(4)58)41(71)51-28(16(2)56)39(69)47-24(12-27(62)49-42-32(45-20(6)60)34(64)33(63)26(14-55)74-42)36(66)46-23(11-21-7-9-22(61)10-8-21)37(67)53-31(19(5)59)43(72)73/h7-10,15-19,23-26,28-34,42,54-59,61,63-64H,11-14,44H2,1-6H3,(H,45,60)(H,46,66)(H,47,69)(H,48,65)(H,49,62)(H,50,68)(H,51,71)(H,52,70)(H,53,67)(H,72,73)/t15-,16+,17+,18+,19+,23-,24-,25-,26+,28-,29-,30-,31-,32+,33+,34+,42+/m0/s1. The molecule has 74 heavy (non-hydrogen) atoms. The molecule has 0 bridgehead atoms. The number of ether oxygens (including phenoxy) is 1. The zero-order valence-electron chi connectivity index (χ0n) is 41.0. The van der Waals surface area contributed by atoms with E-state index in [4.69, 9.17) is 10.5 Å². The molecule has 1 fully saturated rings. The molecule has 0 aliphatic carbocycles. The Bertz CT molecular complexity index is 2130. The molecule has 0 saturated carbocycles. The normalized spacial score (nSPS) is 22.3. The van der Waals surface area contributed by atoms with Crippen molar-refractivity contribution in [2.24, 2.45) is 5.73 Å². The van der Waals surface area contributed by atoms with Gasteiger partial charge in [-0.2, -0.15) is 0 Å². The fraction of sp³-hybridized carbons (Fsp3) is 0.628. The molecule has 0 unspecified atom stereocenters. The van der Waals surface area contributed by atoms with Crippen molar-refractivity contribution < 1.29 is 104 Å². The second kappa shape index (κ2) is 29.3. The van der Waals surface area contributed by atoms with Gasteiger partial charge in [0, 0.05) is 13.3 Å². The molecule has 1 aromatic rings. The summed E-state index contributed by atoms with van der Waals surface area (Å²) in [5.41, 5.74) is 5.72. The first-order chi connectivity index (χ1) is 34.4. The number of nitrogens with one attached hydrogen (secondary N) is 9. The number of aromatic hydroxyl groups is 1. The second-order valence-electron chi connectivity index (χ2n) is 17.5. The van der Waals surface area contributed by atoms with Gasteiger partial charge in [0.05, 0.1) is 50.1 Å². The third-order valence-corrected chi connectivity index (χ3v) is 11.1. The molecule has 1 saturated heterocycles. The average Bonchev–Trinajstić information content (AvgIpc) is 3.31. The average molecular weight is 1060 g/mol. The maximum absolute atomic E-state index is 14.3. The number of aliphatic carboxylic acids is 1. The number of amides is 9. The monoisotopic (exact) mass is 1060 g/mol. The largest absolute Gasteiger partial charge is 0.508 e. The summed E-state index contributed by atoms with van der Waals surface area (Å²) >= 11 is 0. The first-order valence-electron chi connectivity index (χ1n) is 22.8. The minimum atomic E-state index is -2.18. The second-order valence-corrected chi connectivity index (χ2v) is 17.5. The molecule has 2 rings (SSSR count). The van der Waals surface area contributed by atoms with E-state index in [1.807, 2.05) is 0 Å². The minimum Gasteiger partial charge on any atom is -0.508 e. The Hall–Kier alpha value is -6.68. The number of carboxylic acids is 1. The van der Waals surface area contributed by atoms with Crippen LogP contribution >= 0.6 is 0 Å². The summed E-state index contributed by atoms with van der Waals surface area (Å²) in [6.07, 6.45) is -15.8. The molecule has 0 aromatic heterocycles. The quantitative estimate of drug-likeness (QED) is 0.0389. The van der Waals surface area contributed by atoms with Crippen molar-refractivity contribution in [3.8, 4) is 5.75 Å². The molecule has 0 spiro atoms. The van der Waals surface area contributed by atoms with Crippen molar-refractivity contribution in [1.82, 2.24) is 47.9 Å². The SMILES string of the molecule is CC(=O)N[C@@H]1[C@@H](O)[C@H](O)[C@@H](CO)O[C@H]1NC(=O)C[C@H](NC(=O)[C@@H](NC(=O)[C@@H](NC(=O)[C@@H](NC(=O)[C@H](CO)NC(=O)[C@H](C)N)[C@@H](C)O)[C@@H](C)O)[C@@H](C)O)C(=O)N[C@@H](Cc1ccc(O)cc1)C(=O)N[C@H](C(=O)O)[C@@H](C)O. The summed E-state index contributed by atoms with van der Waals surface area (Å²) in [5.74, 6) is -12.9. The number of rotatable bonds is 27. The Kier molecular flexibility index (Phi) is 25.1. The summed E-state index contributed by atoms with van der Waals surface area (Å²) in [5, 5.41) is 121. The maximum Gasteiger partial charge on any atom is 0.328 e. The third kappa shape index (κ3) is 19.0. The van der Waals surface area contributed by atoms with Gasteiger partial charge < -0.3 is 109 Å². The molecule has 9 amide bonds. The highest BCUT2D eigenvalue weighted by Crippen LogP contribution is 2.21. The number of carboxylic acid groups (broad SMARTS) is 1. The Labute approximate surface area is 422 Å². The molecular weight excluding hydrogens is 993 g/mol. The first-order valence-corrected chi connectivity index (χ1v) is 22.8. The van der Waals surface area contributed by atoms with E-state index in [9.17, 15) is 99.0 Å². The highest BCUT2D eigenvalue weighted by atomic mass is 16.5. The lowest BCUT2D eigenvalue weighted by Gasteiger charge is -2.42. The van der Waals surface area contributed by atoms with Crippen molar-refractivity contribution in [1.29, 1.82) is 0 Å². The number of hydrogen-bond acceptors (Lipinski definition) is 21. The van der Waals surface area contributed by atoms with Gasteiger partial charge in [0.15, 0.2) is 12.3 Å². The molecule has 31 heteroatoms. The summed E-state index contributed by atoms with van der Waals surface area (Å²) < 4.78 is 5.51. The fourth-order valence-electron chi connectivity index (χ4n) is 6.95. The first kappa shape index (κ1) is 63.4. The maximum atomic E-state index is 14.3. The van der Waals surface area contributed by atoms with Crippen molar-refractivity contribution in [3.05, 3.63) is 29.8 Å². The Balaban J connectivity index is 2.58. The lowest BCUT2D eigenvalue weighted by Crippen LogP contribution is -2.68. The Morgan fingerprint density at radius 3 is 1.43 bits per heavy atom. The highest BCUT2D eigenvalue weighted by molar-refractivity contribution is 5.99. The lowest BCUT2D eigenvalue weighted by atomic mass is 9.95. The van der Waals surface area contributed by atoms with Gasteiger partial charge in [-0.1, -0.05) is 12.1 Å². The molecule has 0 radical (unpaired) electrons. The molecule has 1 aromatic carbocycles. The molecule has 1 aliphatic heterocycles. The van der Waals surface area contributed by atoms with Crippen LogP contribution in [0.5, 0.6) is 5.75 Å². The van der Waals surface area contributed by atoms with Crippen molar-refractivity contribution in [2.75, 3.05) is 13.2 Å². The van der Waals surface area contributed by atoms with Crippen LogP contribution in [-0.2, 0) is 59.1 Å². The van der Waals surface area contributed by atoms with Crippen molar-refractivity contribution >= 4 is 59.1 Å². The van der Waals surface area contributed by atoms with E-state index in [-0.39, 0.29) is 11.3 Å². The van der Waals surface area contributed by atoms with Gasteiger partial charge in [-0.05, 0) is 52.3 Å². The molecule has 1 aliphatic rings. The Morgan fingerprint density at radius 2 is 1.00 bits per heavy atom. The number of nitrogens with two attached hydrogens (primary N) is 1. The van der Waals surface area contributed by atoms with Gasteiger partial charge in [-0.15, -0.1) is 0 Å². The van der Waals surface area contributed by atoms with Gasteiger partial charge in [0.2, 0.25) is 53.2 Å². The summed E-state index contributed by atoms with van der Waals surface area (Å²) in [6.45, 7) is 4.40. The van der Waals surface area contributed by atoms with E-state index < -0.39 is 189 Å². The van der Waals surface area contributed by atoms with Crippen LogP contribution < -0.4 is 53.6 Å². The lowest BCUT2D eigenvalue weighted by molar-refractivity contribution is -0.203. The number of aliphatic hydroxyl groups is 8. The van der Waals surface area contributed by atoms with Gasteiger partial charge in [0.1, 0.15) is 66.4 Å². The number of carbonyl (C=O) groups excluding carboxylic acids is 9. The molecular formula is C43H68N10O21. The van der Waals surface area contributed by atoms with Gasteiger partial charge in [-0.3, -0.25) is 43.2 Å². The van der Waals surface area contributed by atoms with Crippen LogP contribution in [0.1, 0.15) is 53.5 Å². The van der Waals surface area contributed by atoms with Gasteiger partial charge >= 0.3 is 5.97 Å². The summed E-state index contributed by atoms with van der Waals surface area (Å²) in [4.78, 5) is 132. The van der Waals surface area contributed by atoms with Crippen LogP contribution in [-0.4, -0.2) is 227 Å². The van der Waals surface area contributed by atoms with E-state index in [0.29, 0.717) is 0 Å². The molecule has 21 N–H and O–H groups in total. The molecule has 1 heterocycles. The van der Waals surface area contributed by atoms with Crippen LogP contribution in [0.15, 0.2) is 24.3 Å². The van der Waals surface area contributed by atoms with E-state index in [1.165, 1.54) is 31.2 Å². The third-order valence-electron chi connectivity index (χ3n) is 11.1. The van der Waals surface area contributed by atoms with Crippen molar-refractivity contribution in [3.63, 3.8) is 0 Å². The fourth-order valence-corrected chi connectivity index (χ4v) is 6.95. The molecule has 17 atom stereocenters. The van der Waals surface area contributed by atoms with E-state index in [2.05, 4.69) is 47.9 Å². The van der Waals surface area contributed by atoms with Crippen LogP contribution in [0.3, 0.4) is 0 Å². The molecule has 31 nitrogen and oxygen atoms in total. The van der Waals surface area contributed by atoms with Crippen LogP contribution in [0.4, 0.5) is 0 Å². The predicted octanol–water partition coefficient (Wildman–Crippen LogP) is -10.3. The smallest absolute Gasteiger partial charge is 0.328 e. The summed E-state index contributed by atoms with van der Waals surface area (Å²) in [7, 11) is 0. The van der Waals surface area contributed by atoms with Crippen LogP contribution in [0, 0.1) is 0 Å². The van der Waals surface area contributed by atoms with Crippen LogP contribution in [0.2, 0.25) is 0 Å². The Morgan fingerprint density at radius 1 is 0.581 bits per heavy atom. The highest BCUT2D eigenvalue weighted by Gasteiger charge is 2.46. The van der Waals surface area contributed by atoms with E-state index in [1.54, 1.807) is 0 Å². The minimum absolute atomic E-state index is 0.212. The van der Waals surface area contributed by atoms with Gasteiger partial charge in [0.25, 0.3) is 0 Å². The predicted molar refractivity (Wildman–Crippen MR) is 249 cm³/mol. The number of carbonyl (C=O) groups is 10. The van der Waals surface area contributed by atoms with Crippen molar-refractivity contribution in [2.45, 2.75) is 158 Å². The van der Waals surface area contributed by atoms with E-state index >= 15 is 0 Å². The van der Waals surface area contributed by atoms with Gasteiger partial charge in [-0.25, -0.2) is 4.79 Å². The number of phenols is 1. The number of hydrogen-bond donors (Lipinski definition) is 20. The number of benzene rings is 1. The number of phenolic OH excluding ortho intramolecular Hbond substituents is 1. The topological polar surface area (TPSA) is 517 Å². The zero-order chi connectivity index (χ0) is 56.5. The van der Waals surface area contributed by atoms with E-state index in [0.717, 1.165) is 34.6 Å². The number of aliphatic hydroxyl groups excluding tert-OH is 8. The summed E-state index contributed by atoms with van der Waals surface area (Å²) in [6, 6.07) is -11.4. The zero-order valence-corrected chi connectivity index (χ0v) is 41.0. The van der Waals surface area contributed by atoms with Crippen LogP contribution in [0.25, 0.3) is 0 Å². The molecule has 416 valence electrons.